The van der Waals surface area contributed by atoms with Gasteiger partial charge in [-0.1, -0.05) is 23.2 Å². The largest absolute Gasteiger partial charge is 0.480 e. The van der Waals surface area contributed by atoms with Crippen LogP contribution >= 0.6 is 23.2 Å². The summed E-state index contributed by atoms with van der Waals surface area (Å²) in [6, 6.07) is 3.79. The topological polar surface area (TPSA) is 37.3 Å². The van der Waals surface area contributed by atoms with E-state index < -0.39 is 23.7 Å². The van der Waals surface area contributed by atoms with Crippen LogP contribution in [-0.4, -0.2) is 17.0 Å². The van der Waals surface area contributed by atoms with Crippen molar-refractivity contribution in [2.24, 2.45) is 0 Å². The maximum absolute atomic E-state index is 13.2. The first-order valence-electron chi connectivity index (χ1n) is 4.37. The summed E-state index contributed by atoms with van der Waals surface area (Å²) >= 11 is 11.3. The summed E-state index contributed by atoms with van der Waals surface area (Å²) in [7, 11) is 0. The van der Waals surface area contributed by atoms with E-state index in [0.717, 1.165) is 0 Å². The molecule has 86 valence electrons. The molecule has 1 fully saturated rings. The van der Waals surface area contributed by atoms with Crippen molar-refractivity contribution in [3.63, 3.8) is 0 Å². The van der Waals surface area contributed by atoms with Crippen LogP contribution in [0.2, 0.25) is 10.0 Å². The number of aliphatic carboxylic acids is 1. The molecule has 2 nitrogen and oxygen atoms in total. The van der Waals surface area contributed by atoms with E-state index in [0.29, 0.717) is 0 Å². The molecule has 0 radical (unpaired) electrons. The highest BCUT2D eigenvalue weighted by Gasteiger charge is 2.77. The van der Waals surface area contributed by atoms with Crippen LogP contribution in [0.1, 0.15) is 12.0 Å². The standard InChI is InChI=1S/C10H6Cl2F2O2/c11-6-1-5(2-7(12)3-6)9(8(15)16)4-10(9,13)14/h1-3H,4H2,(H,15,16). The highest BCUT2D eigenvalue weighted by Crippen LogP contribution is 2.62. The first-order valence-corrected chi connectivity index (χ1v) is 5.13. The van der Waals surface area contributed by atoms with E-state index in [1.165, 1.54) is 18.2 Å². The van der Waals surface area contributed by atoms with Crippen LogP contribution in [0.15, 0.2) is 18.2 Å². The number of benzene rings is 1. The number of halogens is 4. The first kappa shape index (κ1) is 11.6. The average molecular weight is 267 g/mol. The van der Waals surface area contributed by atoms with Gasteiger partial charge in [0.05, 0.1) is 0 Å². The third kappa shape index (κ3) is 1.48. The van der Waals surface area contributed by atoms with Crippen LogP contribution in [0, 0.1) is 0 Å². The molecule has 16 heavy (non-hydrogen) atoms. The lowest BCUT2D eigenvalue weighted by Crippen LogP contribution is -2.27. The molecule has 1 aromatic rings. The molecule has 0 aliphatic heterocycles. The van der Waals surface area contributed by atoms with Gasteiger partial charge in [-0.15, -0.1) is 0 Å². The van der Waals surface area contributed by atoms with Gasteiger partial charge in [0.15, 0.2) is 5.41 Å². The predicted molar refractivity (Wildman–Crippen MR) is 55.3 cm³/mol. The molecule has 1 N–H and O–H groups in total. The fraction of sp³-hybridized carbons (Fsp3) is 0.300. The van der Waals surface area contributed by atoms with Crippen LogP contribution in [0.5, 0.6) is 0 Å². The molecule has 0 amide bonds. The van der Waals surface area contributed by atoms with E-state index in [1.54, 1.807) is 0 Å². The minimum absolute atomic E-state index is 0.0532. The first-order chi connectivity index (χ1) is 7.29. The zero-order valence-electron chi connectivity index (χ0n) is 7.81. The van der Waals surface area contributed by atoms with Crippen LogP contribution < -0.4 is 0 Å². The van der Waals surface area contributed by atoms with Gasteiger partial charge in [0, 0.05) is 16.5 Å². The normalized spacial score (nSPS) is 26.5. The quantitative estimate of drug-likeness (QED) is 0.892. The molecule has 1 saturated carbocycles. The molecule has 0 heterocycles. The Labute approximate surface area is 99.8 Å². The summed E-state index contributed by atoms with van der Waals surface area (Å²) in [5.41, 5.74) is -2.22. The van der Waals surface area contributed by atoms with Gasteiger partial charge in [-0.3, -0.25) is 4.79 Å². The monoisotopic (exact) mass is 266 g/mol. The molecule has 0 bridgehead atoms. The van der Waals surface area contributed by atoms with Crippen molar-refractivity contribution in [1.29, 1.82) is 0 Å². The summed E-state index contributed by atoms with van der Waals surface area (Å²) < 4.78 is 26.4. The zero-order valence-corrected chi connectivity index (χ0v) is 9.32. The third-order valence-electron chi connectivity index (χ3n) is 2.71. The van der Waals surface area contributed by atoms with Crippen LogP contribution in [0.3, 0.4) is 0 Å². The number of carbonyl (C=O) groups is 1. The van der Waals surface area contributed by atoms with E-state index >= 15 is 0 Å². The van der Waals surface area contributed by atoms with Gasteiger partial charge in [-0.25, -0.2) is 8.78 Å². The lowest BCUT2D eigenvalue weighted by Gasteiger charge is -2.12. The van der Waals surface area contributed by atoms with Gasteiger partial charge in [0.25, 0.3) is 5.92 Å². The van der Waals surface area contributed by atoms with Crippen molar-refractivity contribution < 1.29 is 18.7 Å². The van der Waals surface area contributed by atoms with Gasteiger partial charge >= 0.3 is 5.97 Å². The summed E-state index contributed by atoms with van der Waals surface area (Å²) in [5.74, 6) is -4.80. The Hall–Kier alpha value is -0.870. The zero-order chi connectivity index (χ0) is 12.1. The third-order valence-corrected chi connectivity index (χ3v) is 3.14. The summed E-state index contributed by atoms with van der Waals surface area (Å²) in [6.45, 7) is 0. The molecule has 1 atom stereocenters. The molecule has 1 aliphatic carbocycles. The summed E-state index contributed by atoms with van der Waals surface area (Å²) in [4.78, 5) is 11.0. The van der Waals surface area contributed by atoms with Gasteiger partial charge in [0.1, 0.15) is 0 Å². The summed E-state index contributed by atoms with van der Waals surface area (Å²) in [6.07, 6.45) is -0.716. The van der Waals surface area contributed by atoms with Crippen LogP contribution in [0.4, 0.5) is 8.78 Å². The van der Waals surface area contributed by atoms with E-state index in [2.05, 4.69) is 0 Å². The van der Waals surface area contributed by atoms with Crippen molar-refractivity contribution in [3.8, 4) is 0 Å². The Kier molecular flexibility index (Phi) is 2.40. The number of alkyl halides is 2. The fourth-order valence-corrected chi connectivity index (χ4v) is 2.28. The highest BCUT2D eigenvalue weighted by molar-refractivity contribution is 6.34. The van der Waals surface area contributed by atoms with Crippen molar-refractivity contribution in [3.05, 3.63) is 33.8 Å². The number of carboxylic acids is 1. The van der Waals surface area contributed by atoms with Crippen LogP contribution in [-0.2, 0) is 10.2 Å². The molecule has 6 heteroatoms. The number of hydrogen-bond acceptors (Lipinski definition) is 1. The average Bonchev–Trinajstić information content (AvgIpc) is 2.69. The Morgan fingerprint density at radius 2 is 1.69 bits per heavy atom. The second kappa shape index (κ2) is 3.31. The highest BCUT2D eigenvalue weighted by atomic mass is 35.5. The van der Waals surface area contributed by atoms with E-state index in [1.807, 2.05) is 0 Å². The lowest BCUT2D eigenvalue weighted by atomic mass is 9.95. The molecule has 2 rings (SSSR count). The Balaban J connectivity index is 2.55. The molecule has 1 aliphatic rings. The van der Waals surface area contributed by atoms with E-state index in [-0.39, 0.29) is 15.6 Å². The lowest BCUT2D eigenvalue weighted by molar-refractivity contribution is -0.142. The van der Waals surface area contributed by atoms with Crippen molar-refractivity contribution in [1.82, 2.24) is 0 Å². The fourth-order valence-electron chi connectivity index (χ4n) is 1.76. The number of rotatable bonds is 2. The van der Waals surface area contributed by atoms with Gasteiger partial charge < -0.3 is 5.11 Å². The maximum Gasteiger partial charge on any atom is 0.320 e. The van der Waals surface area contributed by atoms with Crippen LogP contribution in [0.25, 0.3) is 0 Å². The molecular formula is C10H6Cl2F2O2. The van der Waals surface area contributed by atoms with Crippen molar-refractivity contribution >= 4 is 29.2 Å². The van der Waals surface area contributed by atoms with Gasteiger partial charge in [-0.2, -0.15) is 0 Å². The maximum atomic E-state index is 13.2. The molecule has 0 saturated heterocycles. The Morgan fingerprint density at radius 3 is 2.00 bits per heavy atom. The Morgan fingerprint density at radius 1 is 1.25 bits per heavy atom. The second-order valence-corrected chi connectivity index (χ2v) is 4.62. The molecular weight excluding hydrogens is 261 g/mol. The molecule has 0 spiro atoms. The Bertz CT molecular complexity index is 456. The van der Waals surface area contributed by atoms with Crippen molar-refractivity contribution in [2.75, 3.05) is 0 Å². The van der Waals surface area contributed by atoms with E-state index in [4.69, 9.17) is 28.3 Å². The smallest absolute Gasteiger partial charge is 0.320 e. The van der Waals surface area contributed by atoms with Crippen molar-refractivity contribution in [2.45, 2.75) is 17.8 Å². The van der Waals surface area contributed by atoms with Gasteiger partial charge in [-0.05, 0) is 23.8 Å². The van der Waals surface area contributed by atoms with Gasteiger partial charge in [0.2, 0.25) is 0 Å². The number of carboxylic acid groups (broad SMARTS) is 1. The summed E-state index contributed by atoms with van der Waals surface area (Å²) in [5, 5.41) is 9.20. The number of hydrogen-bond donors (Lipinski definition) is 1. The minimum atomic E-state index is -3.24. The SMILES string of the molecule is O=C(O)C1(c2cc(Cl)cc(Cl)c2)CC1(F)F. The predicted octanol–water partition coefficient (Wildman–Crippen LogP) is 3.35. The minimum Gasteiger partial charge on any atom is -0.480 e. The second-order valence-electron chi connectivity index (χ2n) is 3.75. The van der Waals surface area contributed by atoms with E-state index in [9.17, 15) is 13.6 Å². The molecule has 1 aromatic carbocycles. The molecule has 0 aromatic heterocycles. The molecule has 1 unspecified atom stereocenters.